The summed E-state index contributed by atoms with van der Waals surface area (Å²) in [4.78, 5) is 14.5. The summed E-state index contributed by atoms with van der Waals surface area (Å²) in [6, 6.07) is 10.2. The molecule has 0 atom stereocenters. The zero-order valence-corrected chi connectivity index (χ0v) is 12.6. The number of nitrogens with one attached hydrogen (secondary N) is 1. The summed E-state index contributed by atoms with van der Waals surface area (Å²) in [6.45, 7) is 4.76. The van der Waals surface area contributed by atoms with Gasteiger partial charge in [0.1, 0.15) is 0 Å². The first-order valence-electron chi connectivity index (χ1n) is 7.72. The Morgan fingerprint density at radius 3 is 2.57 bits per heavy atom. The van der Waals surface area contributed by atoms with Gasteiger partial charge >= 0.3 is 0 Å². The number of benzene rings is 1. The Bertz CT molecular complexity index is 496. The fourth-order valence-corrected chi connectivity index (χ4v) is 2.69. The van der Waals surface area contributed by atoms with Crippen LogP contribution in [0, 0.1) is 17.2 Å². The van der Waals surface area contributed by atoms with Crippen molar-refractivity contribution in [3.05, 3.63) is 29.8 Å². The number of nitriles is 1. The Morgan fingerprint density at radius 1 is 1.33 bits per heavy atom. The first kappa shape index (κ1) is 15.5. The third kappa shape index (κ3) is 4.57. The van der Waals surface area contributed by atoms with Crippen LogP contribution in [0.25, 0.3) is 0 Å². The first-order valence-corrected chi connectivity index (χ1v) is 7.72. The molecule has 0 aromatic heterocycles. The van der Waals surface area contributed by atoms with Crippen molar-refractivity contribution in [3.8, 4) is 6.07 Å². The van der Waals surface area contributed by atoms with Crippen molar-refractivity contribution < 1.29 is 4.79 Å². The summed E-state index contributed by atoms with van der Waals surface area (Å²) in [5, 5.41) is 11.6. The van der Waals surface area contributed by atoms with Crippen LogP contribution in [0.15, 0.2) is 24.3 Å². The molecule has 0 unspecified atom stereocenters. The molecule has 4 heteroatoms. The van der Waals surface area contributed by atoms with Gasteiger partial charge in [0.05, 0.1) is 6.07 Å². The molecule has 0 spiro atoms. The SMILES string of the molecule is CCc1ccc(NC(=O)C2CCN(CCC#N)CC2)cc1. The number of rotatable bonds is 5. The minimum Gasteiger partial charge on any atom is -0.326 e. The fourth-order valence-electron chi connectivity index (χ4n) is 2.69. The number of piperidine rings is 1. The number of nitrogens with zero attached hydrogens (tertiary/aromatic N) is 2. The van der Waals surface area contributed by atoms with Crippen molar-refractivity contribution in [2.24, 2.45) is 5.92 Å². The van der Waals surface area contributed by atoms with Crippen molar-refractivity contribution in [3.63, 3.8) is 0 Å². The average Bonchev–Trinajstić information content (AvgIpc) is 2.54. The Hall–Kier alpha value is -1.86. The smallest absolute Gasteiger partial charge is 0.227 e. The fraction of sp³-hybridized carbons (Fsp3) is 0.529. The molecule has 1 aliphatic heterocycles. The van der Waals surface area contributed by atoms with Crippen LogP contribution in [-0.4, -0.2) is 30.4 Å². The molecule has 1 heterocycles. The van der Waals surface area contributed by atoms with E-state index in [9.17, 15) is 4.79 Å². The van der Waals surface area contributed by atoms with E-state index in [2.05, 4.69) is 35.3 Å². The molecular formula is C17H23N3O. The summed E-state index contributed by atoms with van der Waals surface area (Å²) in [5.41, 5.74) is 2.16. The van der Waals surface area contributed by atoms with Crippen LogP contribution < -0.4 is 5.32 Å². The molecule has 1 aliphatic rings. The minimum absolute atomic E-state index is 0.0918. The number of aryl methyl sites for hydroxylation is 1. The predicted molar refractivity (Wildman–Crippen MR) is 83.8 cm³/mol. The van der Waals surface area contributed by atoms with Crippen molar-refractivity contribution in [1.29, 1.82) is 5.26 Å². The summed E-state index contributed by atoms with van der Waals surface area (Å²) < 4.78 is 0. The molecule has 1 aromatic rings. The van der Waals surface area contributed by atoms with Gasteiger partial charge in [0.2, 0.25) is 5.91 Å². The van der Waals surface area contributed by atoms with Gasteiger partial charge in [-0.25, -0.2) is 0 Å². The molecule has 0 aliphatic carbocycles. The largest absolute Gasteiger partial charge is 0.326 e. The van der Waals surface area contributed by atoms with E-state index in [4.69, 9.17) is 5.26 Å². The second-order valence-electron chi connectivity index (χ2n) is 5.56. The Balaban J connectivity index is 1.80. The summed E-state index contributed by atoms with van der Waals surface area (Å²) in [6.07, 6.45) is 3.34. The van der Waals surface area contributed by atoms with Gasteiger partial charge in [0, 0.05) is 24.6 Å². The highest BCUT2D eigenvalue weighted by Gasteiger charge is 2.24. The van der Waals surface area contributed by atoms with E-state index >= 15 is 0 Å². The lowest BCUT2D eigenvalue weighted by Gasteiger charge is -2.30. The van der Waals surface area contributed by atoms with Gasteiger partial charge in [-0.3, -0.25) is 4.79 Å². The summed E-state index contributed by atoms with van der Waals surface area (Å²) >= 11 is 0. The number of hydrogen-bond acceptors (Lipinski definition) is 3. The van der Waals surface area contributed by atoms with Crippen LogP contribution in [0.5, 0.6) is 0 Å². The van der Waals surface area contributed by atoms with E-state index in [-0.39, 0.29) is 11.8 Å². The van der Waals surface area contributed by atoms with Crippen molar-refractivity contribution >= 4 is 11.6 Å². The molecule has 1 fully saturated rings. The Morgan fingerprint density at radius 2 is 2.00 bits per heavy atom. The van der Waals surface area contributed by atoms with Crippen molar-refractivity contribution in [1.82, 2.24) is 4.90 Å². The number of anilines is 1. The molecule has 4 nitrogen and oxygen atoms in total. The van der Waals surface area contributed by atoms with E-state index in [0.717, 1.165) is 44.6 Å². The first-order chi connectivity index (χ1) is 10.2. The van der Waals surface area contributed by atoms with Gasteiger partial charge in [-0.1, -0.05) is 19.1 Å². The lowest BCUT2D eigenvalue weighted by molar-refractivity contribution is -0.121. The monoisotopic (exact) mass is 285 g/mol. The topological polar surface area (TPSA) is 56.1 Å². The third-order valence-electron chi connectivity index (χ3n) is 4.13. The van der Waals surface area contributed by atoms with Crippen LogP contribution >= 0.6 is 0 Å². The number of carbonyl (C=O) groups is 1. The van der Waals surface area contributed by atoms with Crippen molar-refractivity contribution in [2.45, 2.75) is 32.6 Å². The lowest BCUT2D eigenvalue weighted by Crippen LogP contribution is -2.38. The third-order valence-corrected chi connectivity index (χ3v) is 4.13. The van der Waals surface area contributed by atoms with Crippen molar-refractivity contribution in [2.75, 3.05) is 25.0 Å². The second kappa shape index (κ2) is 7.80. The number of likely N-dealkylation sites (tertiary alicyclic amines) is 1. The molecule has 1 N–H and O–H groups in total. The second-order valence-corrected chi connectivity index (χ2v) is 5.56. The highest BCUT2D eigenvalue weighted by Crippen LogP contribution is 2.20. The number of amides is 1. The van der Waals surface area contributed by atoms with E-state index in [0.29, 0.717) is 6.42 Å². The van der Waals surface area contributed by atoms with Gasteiger partial charge < -0.3 is 10.2 Å². The maximum absolute atomic E-state index is 12.3. The molecule has 0 saturated carbocycles. The van der Waals surface area contributed by atoms with Crippen LogP contribution in [-0.2, 0) is 11.2 Å². The maximum atomic E-state index is 12.3. The van der Waals surface area contributed by atoms with Gasteiger partial charge in [-0.15, -0.1) is 0 Å². The quantitative estimate of drug-likeness (QED) is 0.905. The molecule has 0 radical (unpaired) electrons. The predicted octanol–water partition coefficient (Wildman–Crippen LogP) is 2.81. The number of carbonyl (C=O) groups excluding carboxylic acids is 1. The summed E-state index contributed by atoms with van der Waals surface area (Å²) in [7, 11) is 0. The molecule has 1 saturated heterocycles. The molecule has 21 heavy (non-hydrogen) atoms. The summed E-state index contributed by atoms with van der Waals surface area (Å²) in [5.74, 6) is 0.216. The normalized spacial score (nSPS) is 16.4. The van der Waals surface area contributed by atoms with Crippen LogP contribution in [0.2, 0.25) is 0 Å². The van der Waals surface area contributed by atoms with Gasteiger partial charge in [-0.2, -0.15) is 5.26 Å². The minimum atomic E-state index is 0.0918. The maximum Gasteiger partial charge on any atom is 0.227 e. The molecule has 112 valence electrons. The number of hydrogen-bond donors (Lipinski definition) is 1. The Labute approximate surface area is 126 Å². The van der Waals surface area contributed by atoms with Gasteiger partial charge in [0.15, 0.2) is 0 Å². The zero-order valence-electron chi connectivity index (χ0n) is 12.6. The molecule has 1 amide bonds. The van der Waals surface area contributed by atoms with E-state index in [1.165, 1.54) is 5.56 Å². The molecule has 1 aromatic carbocycles. The van der Waals surface area contributed by atoms with E-state index in [1.54, 1.807) is 0 Å². The standard InChI is InChI=1S/C17H23N3O/c1-2-14-4-6-16(7-5-14)19-17(21)15-8-12-20(13-9-15)11-3-10-18/h4-7,15H,2-3,8-9,11-13H2,1H3,(H,19,21). The van der Waals surface area contributed by atoms with E-state index in [1.807, 2.05) is 12.1 Å². The van der Waals surface area contributed by atoms with Gasteiger partial charge in [-0.05, 0) is 50.0 Å². The average molecular weight is 285 g/mol. The van der Waals surface area contributed by atoms with Gasteiger partial charge in [0.25, 0.3) is 0 Å². The zero-order chi connectivity index (χ0) is 15.1. The van der Waals surface area contributed by atoms with Crippen LogP contribution in [0.3, 0.4) is 0 Å². The molecular weight excluding hydrogens is 262 g/mol. The highest BCUT2D eigenvalue weighted by molar-refractivity contribution is 5.92. The Kier molecular flexibility index (Phi) is 5.77. The van der Waals surface area contributed by atoms with Crippen LogP contribution in [0.1, 0.15) is 31.7 Å². The van der Waals surface area contributed by atoms with Crippen LogP contribution in [0.4, 0.5) is 5.69 Å². The molecule has 0 bridgehead atoms. The lowest BCUT2D eigenvalue weighted by atomic mass is 9.95. The van der Waals surface area contributed by atoms with E-state index < -0.39 is 0 Å². The highest BCUT2D eigenvalue weighted by atomic mass is 16.1. The molecule has 2 rings (SSSR count).